The molecule has 1 saturated heterocycles. The smallest absolute Gasteiger partial charge is 0.427 e. The molecule has 1 aromatic carbocycles. The number of benzene rings is 1. The summed E-state index contributed by atoms with van der Waals surface area (Å²) in [5.41, 5.74) is 7.92. The second kappa shape index (κ2) is 8.85. The van der Waals surface area contributed by atoms with Crippen LogP contribution in [0.3, 0.4) is 0 Å². The summed E-state index contributed by atoms with van der Waals surface area (Å²) in [6.45, 7) is 5.43. The highest BCUT2D eigenvalue weighted by Gasteiger charge is 2.32. The lowest BCUT2D eigenvalue weighted by molar-refractivity contribution is 0.125. The van der Waals surface area contributed by atoms with Gasteiger partial charge in [0.25, 0.3) is 0 Å². The van der Waals surface area contributed by atoms with Gasteiger partial charge in [-0.05, 0) is 73.9 Å². The Bertz CT molecular complexity index is 696. The molecule has 142 valence electrons. The SMILES string of the molecule is CC(N)(CCCCB(O)O)C1CCN(Cc2csc3ccccc23)CC1. The average molecular weight is 374 g/mol. The summed E-state index contributed by atoms with van der Waals surface area (Å²) >= 11 is 1.84. The lowest BCUT2D eigenvalue weighted by atomic mass is 9.75. The van der Waals surface area contributed by atoms with Gasteiger partial charge in [-0.2, -0.15) is 0 Å². The first-order chi connectivity index (χ1) is 12.5. The third kappa shape index (κ3) is 5.08. The molecule has 6 heteroatoms. The molecule has 1 fully saturated rings. The van der Waals surface area contributed by atoms with Crippen LogP contribution in [0.4, 0.5) is 0 Å². The summed E-state index contributed by atoms with van der Waals surface area (Å²) in [7, 11) is -1.18. The van der Waals surface area contributed by atoms with Crippen molar-refractivity contribution in [2.75, 3.05) is 13.1 Å². The van der Waals surface area contributed by atoms with Crippen molar-refractivity contribution in [1.82, 2.24) is 4.90 Å². The number of unbranched alkanes of at least 4 members (excludes halogenated alkanes) is 1. The zero-order valence-corrected chi connectivity index (χ0v) is 16.5. The summed E-state index contributed by atoms with van der Waals surface area (Å²) in [5, 5.41) is 21.6. The number of likely N-dealkylation sites (tertiary alicyclic amines) is 1. The number of fused-ring (bicyclic) bond motifs is 1. The fourth-order valence-corrected chi connectivity index (χ4v) is 5.14. The highest BCUT2D eigenvalue weighted by Crippen LogP contribution is 2.32. The van der Waals surface area contributed by atoms with Crippen LogP contribution in [0.1, 0.15) is 44.6 Å². The topological polar surface area (TPSA) is 69.7 Å². The van der Waals surface area contributed by atoms with E-state index in [0.29, 0.717) is 12.2 Å². The first kappa shape index (κ1) is 19.8. The minimum absolute atomic E-state index is 0.151. The zero-order chi connectivity index (χ0) is 18.6. The summed E-state index contributed by atoms with van der Waals surface area (Å²) in [6, 6.07) is 8.66. The Morgan fingerprint density at radius 1 is 1.23 bits per heavy atom. The third-order valence-corrected chi connectivity index (χ3v) is 6.92. The van der Waals surface area contributed by atoms with E-state index in [1.54, 1.807) is 0 Å². The molecule has 1 aliphatic heterocycles. The van der Waals surface area contributed by atoms with Gasteiger partial charge in [-0.15, -0.1) is 11.3 Å². The van der Waals surface area contributed by atoms with Crippen LogP contribution in [-0.2, 0) is 6.54 Å². The molecule has 4 nitrogen and oxygen atoms in total. The molecular formula is C20H31BN2O2S. The summed E-state index contributed by atoms with van der Waals surface area (Å²) in [5.74, 6) is 0.553. The highest BCUT2D eigenvalue weighted by atomic mass is 32.1. The number of nitrogens with zero attached hydrogens (tertiary/aromatic N) is 1. The van der Waals surface area contributed by atoms with Gasteiger partial charge in [0.15, 0.2) is 0 Å². The van der Waals surface area contributed by atoms with E-state index in [0.717, 1.165) is 51.7 Å². The number of hydrogen-bond acceptors (Lipinski definition) is 5. The number of piperidine rings is 1. The quantitative estimate of drug-likeness (QED) is 0.489. The molecule has 1 atom stereocenters. The van der Waals surface area contributed by atoms with Crippen molar-refractivity contribution in [3.63, 3.8) is 0 Å². The summed E-state index contributed by atoms with van der Waals surface area (Å²) < 4.78 is 1.37. The minimum atomic E-state index is -1.18. The maximum Gasteiger partial charge on any atom is 0.451 e. The van der Waals surface area contributed by atoms with Gasteiger partial charge < -0.3 is 15.8 Å². The first-order valence-electron chi connectivity index (χ1n) is 9.78. The molecule has 4 N–H and O–H groups in total. The lowest BCUT2D eigenvalue weighted by Gasteiger charge is -2.40. The number of hydrogen-bond donors (Lipinski definition) is 3. The average Bonchev–Trinajstić information content (AvgIpc) is 3.02. The molecule has 2 aromatic rings. The standard InChI is InChI=1S/C20H31BN2O2S/c1-20(22,10-4-5-11-21(24)25)17-8-12-23(13-9-17)14-16-15-26-19-7-3-2-6-18(16)19/h2-3,6-7,15,17,24-25H,4-5,8-14,22H2,1H3. The van der Waals surface area contributed by atoms with E-state index in [9.17, 15) is 0 Å². The Balaban J connectivity index is 1.47. The van der Waals surface area contributed by atoms with Crippen LogP contribution >= 0.6 is 11.3 Å². The van der Waals surface area contributed by atoms with Crippen LogP contribution in [0.5, 0.6) is 0 Å². The Hall–Kier alpha value is -0.915. The molecular weight excluding hydrogens is 343 g/mol. The molecule has 0 amide bonds. The Morgan fingerprint density at radius 3 is 2.69 bits per heavy atom. The van der Waals surface area contributed by atoms with Gasteiger partial charge in [0.2, 0.25) is 0 Å². The van der Waals surface area contributed by atoms with Crippen LogP contribution in [0.25, 0.3) is 10.1 Å². The van der Waals surface area contributed by atoms with Crippen molar-refractivity contribution >= 4 is 28.5 Å². The Kier molecular flexibility index (Phi) is 6.75. The fraction of sp³-hybridized carbons (Fsp3) is 0.600. The lowest BCUT2D eigenvalue weighted by Crippen LogP contribution is -2.49. The van der Waals surface area contributed by atoms with Gasteiger partial charge in [-0.1, -0.05) is 31.0 Å². The molecule has 0 spiro atoms. The van der Waals surface area contributed by atoms with E-state index in [1.807, 2.05) is 11.3 Å². The van der Waals surface area contributed by atoms with E-state index in [1.165, 1.54) is 15.6 Å². The predicted octanol–water partition coefficient (Wildman–Crippen LogP) is 3.47. The second-order valence-electron chi connectivity index (χ2n) is 8.04. The normalized spacial score (nSPS) is 18.9. The zero-order valence-electron chi connectivity index (χ0n) is 15.7. The predicted molar refractivity (Wildman–Crippen MR) is 111 cm³/mol. The molecule has 0 bridgehead atoms. The molecule has 2 heterocycles. The molecule has 1 unspecified atom stereocenters. The molecule has 3 rings (SSSR count). The van der Waals surface area contributed by atoms with Crippen molar-refractivity contribution in [2.45, 2.75) is 57.4 Å². The van der Waals surface area contributed by atoms with E-state index in [2.05, 4.69) is 41.5 Å². The maximum absolute atomic E-state index is 8.95. The van der Waals surface area contributed by atoms with Crippen molar-refractivity contribution in [1.29, 1.82) is 0 Å². The van der Waals surface area contributed by atoms with Gasteiger partial charge in [0, 0.05) is 16.8 Å². The number of rotatable bonds is 8. The van der Waals surface area contributed by atoms with E-state index < -0.39 is 7.12 Å². The molecule has 1 aliphatic rings. The Morgan fingerprint density at radius 2 is 1.96 bits per heavy atom. The maximum atomic E-state index is 8.95. The van der Waals surface area contributed by atoms with Gasteiger partial charge in [0.1, 0.15) is 0 Å². The van der Waals surface area contributed by atoms with Gasteiger partial charge in [0.05, 0.1) is 0 Å². The molecule has 0 saturated carbocycles. The number of thiophene rings is 1. The van der Waals surface area contributed by atoms with Crippen molar-refractivity contribution < 1.29 is 10.0 Å². The first-order valence-corrected chi connectivity index (χ1v) is 10.7. The van der Waals surface area contributed by atoms with Crippen LogP contribution in [0, 0.1) is 5.92 Å². The summed E-state index contributed by atoms with van der Waals surface area (Å²) in [6.07, 6.45) is 5.50. The van der Waals surface area contributed by atoms with Gasteiger partial charge in [-0.25, -0.2) is 0 Å². The van der Waals surface area contributed by atoms with Crippen molar-refractivity contribution in [3.05, 3.63) is 35.2 Å². The van der Waals surface area contributed by atoms with E-state index in [-0.39, 0.29) is 5.54 Å². The fourth-order valence-electron chi connectivity index (χ4n) is 4.18. The Labute approximate surface area is 161 Å². The van der Waals surface area contributed by atoms with Crippen molar-refractivity contribution in [3.8, 4) is 0 Å². The number of nitrogens with two attached hydrogens (primary N) is 1. The summed E-state index contributed by atoms with van der Waals surface area (Å²) in [4.78, 5) is 2.56. The van der Waals surface area contributed by atoms with E-state index >= 15 is 0 Å². The highest BCUT2D eigenvalue weighted by molar-refractivity contribution is 7.17. The largest absolute Gasteiger partial charge is 0.451 e. The van der Waals surface area contributed by atoms with Crippen LogP contribution < -0.4 is 5.73 Å². The van der Waals surface area contributed by atoms with E-state index in [4.69, 9.17) is 15.8 Å². The van der Waals surface area contributed by atoms with Crippen LogP contribution in [0.2, 0.25) is 6.32 Å². The molecule has 26 heavy (non-hydrogen) atoms. The van der Waals surface area contributed by atoms with Crippen LogP contribution in [-0.4, -0.2) is 40.7 Å². The molecule has 1 aromatic heterocycles. The van der Waals surface area contributed by atoms with Crippen LogP contribution in [0.15, 0.2) is 29.6 Å². The monoisotopic (exact) mass is 374 g/mol. The third-order valence-electron chi connectivity index (χ3n) is 5.90. The van der Waals surface area contributed by atoms with Gasteiger partial charge in [-0.3, -0.25) is 4.90 Å². The molecule has 0 radical (unpaired) electrons. The molecule has 0 aliphatic carbocycles. The van der Waals surface area contributed by atoms with Gasteiger partial charge >= 0.3 is 7.12 Å². The minimum Gasteiger partial charge on any atom is -0.427 e. The van der Waals surface area contributed by atoms with Crippen molar-refractivity contribution in [2.24, 2.45) is 11.7 Å². The second-order valence-corrected chi connectivity index (χ2v) is 8.95.